The molecule has 3 aromatic carbocycles. The number of carbonyl (C=O) groups excluding carboxylic acids is 1. The van der Waals surface area contributed by atoms with E-state index in [1.807, 2.05) is 60.0 Å². The zero-order valence-corrected chi connectivity index (χ0v) is 27.0. The van der Waals surface area contributed by atoms with Crippen LogP contribution >= 0.6 is 0 Å². The SMILES string of the molecule is CC(C)N1CCN(c2ccc(N3CCN(c4ccc(OCC5OCC(Cn6nccn6)(c6ccc(F)cc6F)O5)cc4)CC3)cc2)C1=O. The second-order valence-corrected chi connectivity index (χ2v) is 12.6. The molecule has 4 heterocycles. The van der Waals surface area contributed by atoms with E-state index in [0.717, 1.165) is 55.9 Å². The molecule has 2 amide bonds. The zero-order valence-electron chi connectivity index (χ0n) is 27.0. The van der Waals surface area contributed by atoms with Crippen LogP contribution in [0, 0.1) is 11.6 Å². The first-order valence-corrected chi connectivity index (χ1v) is 16.3. The third-order valence-corrected chi connectivity index (χ3v) is 9.20. The van der Waals surface area contributed by atoms with E-state index in [9.17, 15) is 13.6 Å². The molecule has 0 bridgehead atoms. The van der Waals surface area contributed by atoms with Gasteiger partial charge in [0.1, 0.15) is 29.6 Å². The molecule has 4 aromatic rings. The Morgan fingerprint density at radius 3 is 2.08 bits per heavy atom. The molecule has 1 aromatic heterocycles. The Kier molecular flexibility index (Phi) is 8.88. The van der Waals surface area contributed by atoms with Gasteiger partial charge in [0.25, 0.3) is 0 Å². The zero-order chi connectivity index (χ0) is 33.3. The molecule has 2 unspecified atom stereocenters. The van der Waals surface area contributed by atoms with Crippen LogP contribution in [0.4, 0.5) is 30.6 Å². The Morgan fingerprint density at radius 1 is 0.854 bits per heavy atom. The number of halogens is 2. The molecule has 3 saturated heterocycles. The van der Waals surface area contributed by atoms with Gasteiger partial charge in [-0.3, -0.25) is 4.90 Å². The number of benzene rings is 3. The van der Waals surface area contributed by atoms with Gasteiger partial charge in [-0.1, -0.05) is 6.07 Å². The van der Waals surface area contributed by atoms with Crippen LogP contribution in [0.15, 0.2) is 79.1 Å². The smallest absolute Gasteiger partial charge is 0.324 e. The van der Waals surface area contributed by atoms with E-state index in [2.05, 4.69) is 32.1 Å². The Morgan fingerprint density at radius 2 is 1.48 bits per heavy atom. The third kappa shape index (κ3) is 6.52. The van der Waals surface area contributed by atoms with Crippen LogP contribution in [0.5, 0.6) is 5.75 Å². The van der Waals surface area contributed by atoms with E-state index in [4.69, 9.17) is 14.2 Å². The first-order valence-electron chi connectivity index (χ1n) is 16.3. The average Bonchev–Trinajstić information content (AvgIpc) is 3.85. The summed E-state index contributed by atoms with van der Waals surface area (Å²) in [6.45, 7) is 9.24. The van der Waals surface area contributed by atoms with Gasteiger partial charge in [0.2, 0.25) is 0 Å². The maximum atomic E-state index is 14.9. The molecule has 11 nitrogen and oxygen atoms in total. The van der Waals surface area contributed by atoms with Crippen LogP contribution < -0.4 is 19.4 Å². The Bertz CT molecular complexity index is 1700. The lowest BCUT2D eigenvalue weighted by Gasteiger charge is -2.37. The van der Waals surface area contributed by atoms with Gasteiger partial charge < -0.3 is 28.9 Å². The summed E-state index contributed by atoms with van der Waals surface area (Å²) in [6.07, 6.45) is 2.26. The molecule has 13 heteroatoms. The fourth-order valence-electron chi connectivity index (χ4n) is 6.61. The summed E-state index contributed by atoms with van der Waals surface area (Å²) in [6, 6.07) is 19.9. The average molecular weight is 660 g/mol. The predicted molar refractivity (Wildman–Crippen MR) is 176 cm³/mol. The summed E-state index contributed by atoms with van der Waals surface area (Å²) in [5.41, 5.74) is 2.11. The highest BCUT2D eigenvalue weighted by Gasteiger charge is 2.46. The molecule has 3 fully saturated rings. The minimum Gasteiger partial charge on any atom is -0.488 e. The molecule has 3 aliphatic rings. The number of piperazine rings is 1. The number of ether oxygens (including phenoxy) is 3. The molecular formula is C35H39F2N7O4. The summed E-state index contributed by atoms with van der Waals surface area (Å²) in [4.78, 5) is 22.6. The van der Waals surface area contributed by atoms with Crippen molar-refractivity contribution in [3.05, 3.63) is 96.3 Å². The number of urea groups is 1. The highest BCUT2D eigenvalue weighted by atomic mass is 19.1. The fourth-order valence-corrected chi connectivity index (χ4v) is 6.61. The molecule has 0 radical (unpaired) electrons. The lowest BCUT2D eigenvalue weighted by molar-refractivity contribution is -0.117. The highest BCUT2D eigenvalue weighted by molar-refractivity contribution is 5.94. The largest absolute Gasteiger partial charge is 0.488 e. The normalized spacial score (nSPS) is 21.5. The summed E-state index contributed by atoms with van der Waals surface area (Å²) in [7, 11) is 0. The lowest BCUT2D eigenvalue weighted by Crippen LogP contribution is -2.46. The van der Waals surface area contributed by atoms with Crippen molar-refractivity contribution in [2.24, 2.45) is 0 Å². The second-order valence-electron chi connectivity index (χ2n) is 12.6. The first kappa shape index (κ1) is 31.8. The van der Waals surface area contributed by atoms with Crippen LogP contribution in [0.25, 0.3) is 0 Å². The molecule has 7 rings (SSSR count). The lowest BCUT2D eigenvalue weighted by atomic mass is 9.94. The minimum atomic E-state index is -1.25. The Balaban J connectivity index is 0.914. The summed E-state index contributed by atoms with van der Waals surface area (Å²) in [5, 5.41) is 8.26. The van der Waals surface area contributed by atoms with E-state index in [-0.39, 0.29) is 37.4 Å². The topological polar surface area (TPSA) is 88.4 Å². The first-order chi connectivity index (χ1) is 23.3. The fraction of sp³-hybridized carbons (Fsp3) is 0.400. The van der Waals surface area contributed by atoms with Crippen molar-refractivity contribution < 1.29 is 27.8 Å². The number of amides is 2. The number of anilines is 3. The minimum absolute atomic E-state index is 0.0232. The quantitative estimate of drug-likeness (QED) is 0.238. The highest BCUT2D eigenvalue weighted by Crippen LogP contribution is 2.37. The number of hydrogen-bond acceptors (Lipinski definition) is 8. The molecule has 48 heavy (non-hydrogen) atoms. The second kappa shape index (κ2) is 13.4. The van der Waals surface area contributed by atoms with Gasteiger partial charge in [-0.15, -0.1) is 0 Å². The molecular weight excluding hydrogens is 620 g/mol. The van der Waals surface area contributed by atoms with Crippen LogP contribution in [0.3, 0.4) is 0 Å². The molecule has 0 saturated carbocycles. The van der Waals surface area contributed by atoms with E-state index in [0.29, 0.717) is 12.3 Å². The van der Waals surface area contributed by atoms with Crippen molar-refractivity contribution in [1.29, 1.82) is 0 Å². The number of carbonyl (C=O) groups is 1. The Labute approximate surface area is 278 Å². The van der Waals surface area contributed by atoms with Crippen LogP contribution in [0.1, 0.15) is 19.4 Å². The molecule has 2 atom stereocenters. The van der Waals surface area contributed by atoms with Gasteiger partial charge in [0.05, 0.1) is 25.5 Å². The van der Waals surface area contributed by atoms with Crippen molar-refractivity contribution in [3.8, 4) is 5.75 Å². The van der Waals surface area contributed by atoms with Crippen LogP contribution in [-0.4, -0.2) is 90.7 Å². The summed E-state index contributed by atoms with van der Waals surface area (Å²) >= 11 is 0. The number of hydrogen-bond donors (Lipinski definition) is 0. The van der Waals surface area contributed by atoms with Crippen LogP contribution in [-0.2, 0) is 21.6 Å². The van der Waals surface area contributed by atoms with Crippen molar-refractivity contribution in [2.75, 3.05) is 67.2 Å². The molecule has 0 spiro atoms. The van der Waals surface area contributed by atoms with E-state index < -0.39 is 23.5 Å². The van der Waals surface area contributed by atoms with Gasteiger partial charge in [-0.2, -0.15) is 15.0 Å². The molecule has 0 aliphatic carbocycles. The van der Waals surface area contributed by atoms with E-state index >= 15 is 0 Å². The van der Waals surface area contributed by atoms with Gasteiger partial charge in [-0.25, -0.2) is 13.6 Å². The maximum absolute atomic E-state index is 14.9. The predicted octanol–water partition coefficient (Wildman–Crippen LogP) is 4.88. The summed E-state index contributed by atoms with van der Waals surface area (Å²) in [5.74, 6) is -0.749. The summed E-state index contributed by atoms with van der Waals surface area (Å²) < 4.78 is 46.7. The third-order valence-electron chi connectivity index (χ3n) is 9.20. The van der Waals surface area contributed by atoms with Gasteiger partial charge >= 0.3 is 6.03 Å². The van der Waals surface area contributed by atoms with Crippen molar-refractivity contribution >= 4 is 23.1 Å². The maximum Gasteiger partial charge on any atom is 0.324 e. The van der Waals surface area contributed by atoms with Crippen molar-refractivity contribution in [1.82, 2.24) is 19.9 Å². The molecule has 252 valence electrons. The Hall–Kier alpha value is -4.75. The van der Waals surface area contributed by atoms with Gasteiger partial charge in [0.15, 0.2) is 6.29 Å². The van der Waals surface area contributed by atoms with Crippen molar-refractivity contribution in [2.45, 2.75) is 38.3 Å². The van der Waals surface area contributed by atoms with E-state index in [1.54, 1.807) is 0 Å². The molecule has 0 N–H and O–H groups in total. The van der Waals surface area contributed by atoms with E-state index in [1.165, 1.54) is 29.3 Å². The van der Waals surface area contributed by atoms with Crippen molar-refractivity contribution in [3.63, 3.8) is 0 Å². The van der Waals surface area contributed by atoms with Gasteiger partial charge in [-0.05, 0) is 68.4 Å². The number of nitrogens with zero attached hydrogens (tertiary/aromatic N) is 7. The van der Waals surface area contributed by atoms with Crippen LogP contribution in [0.2, 0.25) is 0 Å². The van der Waals surface area contributed by atoms with Gasteiger partial charge in [0, 0.05) is 74.0 Å². The monoisotopic (exact) mass is 659 g/mol. The number of rotatable bonds is 10. The standard InChI is InChI=1S/C35H39F2N7O4/c1-25(2)42-19-20-43(34(42)45)29-6-4-27(5-7-29)40-15-17-41(18-16-40)28-8-10-30(11-9-28)46-22-33-47-24-35(48-33,23-44-38-13-14-39-44)31-12-3-26(36)21-32(31)37/h3-14,21,25,33H,15-20,22-24H2,1-2H3. The molecule has 3 aliphatic heterocycles. The number of aromatic nitrogens is 3.